The highest BCUT2D eigenvalue weighted by atomic mass is 32.2. The Balaban J connectivity index is 2.20. The van der Waals surface area contributed by atoms with Crippen molar-refractivity contribution in [1.82, 2.24) is 4.90 Å². The molecule has 1 amide bonds. The predicted molar refractivity (Wildman–Crippen MR) is 75.5 cm³/mol. The number of hydrogen-bond donors (Lipinski definition) is 1. The Morgan fingerprint density at radius 2 is 2.25 bits per heavy atom. The quantitative estimate of drug-likeness (QED) is 0.929. The minimum absolute atomic E-state index is 0.0763. The van der Waals surface area contributed by atoms with Gasteiger partial charge in [-0.1, -0.05) is 6.07 Å². The van der Waals surface area contributed by atoms with E-state index in [1.807, 2.05) is 0 Å². The van der Waals surface area contributed by atoms with E-state index in [9.17, 15) is 14.0 Å². The Labute approximate surface area is 121 Å². The summed E-state index contributed by atoms with van der Waals surface area (Å²) in [5, 5.41) is 8.91. The highest BCUT2D eigenvalue weighted by molar-refractivity contribution is 7.99. The van der Waals surface area contributed by atoms with Crippen LogP contribution in [0.1, 0.15) is 22.3 Å². The highest BCUT2D eigenvalue weighted by Crippen LogP contribution is 2.22. The summed E-state index contributed by atoms with van der Waals surface area (Å²) in [5.74, 6) is -0.263. The molecule has 1 N–H and O–H groups in total. The summed E-state index contributed by atoms with van der Waals surface area (Å²) >= 11 is 1.64. The van der Waals surface area contributed by atoms with Gasteiger partial charge in [-0.15, -0.1) is 0 Å². The first-order valence-electron chi connectivity index (χ1n) is 6.35. The summed E-state index contributed by atoms with van der Waals surface area (Å²) in [6, 6.07) is 4.04. The molecular formula is C14H16FNO3S. The number of carboxylic acid groups (broad SMARTS) is 1. The van der Waals surface area contributed by atoms with Gasteiger partial charge in [-0.25, -0.2) is 4.39 Å². The van der Waals surface area contributed by atoms with Gasteiger partial charge in [0.05, 0.1) is 12.5 Å². The van der Waals surface area contributed by atoms with Crippen molar-refractivity contribution in [2.75, 3.05) is 18.1 Å². The summed E-state index contributed by atoms with van der Waals surface area (Å²) in [6.07, 6.45) is -0.0763. The monoisotopic (exact) mass is 297 g/mol. The number of rotatable bonds is 3. The van der Waals surface area contributed by atoms with E-state index in [0.717, 1.165) is 5.75 Å². The van der Waals surface area contributed by atoms with Crippen molar-refractivity contribution in [2.45, 2.75) is 19.4 Å². The molecule has 0 aliphatic carbocycles. The van der Waals surface area contributed by atoms with Crippen molar-refractivity contribution in [3.8, 4) is 0 Å². The van der Waals surface area contributed by atoms with E-state index in [1.165, 1.54) is 6.07 Å². The minimum Gasteiger partial charge on any atom is -0.481 e. The third-order valence-electron chi connectivity index (χ3n) is 3.32. The van der Waals surface area contributed by atoms with Gasteiger partial charge in [-0.2, -0.15) is 11.8 Å². The first kappa shape index (κ1) is 14.8. The molecule has 108 valence electrons. The lowest BCUT2D eigenvalue weighted by Crippen LogP contribution is -2.47. The molecule has 1 fully saturated rings. The fourth-order valence-corrected chi connectivity index (χ4v) is 3.25. The zero-order valence-electron chi connectivity index (χ0n) is 11.1. The van der Waals surface area contributed by atoms with Crippen molar-refractivity contribution < 1.29 is 19.1 Å². The summed E-state index contributed by atoms with van der Waals surface area (Å²) in [6.45, 7) is 2.13. The molecule has 1 unspecified atom stereocenters. The van der Waals surface area contributed by atoms with E-state index < -0.39 is 11.8 Å². The standard InChI is InChI=1S/C14H16FNO3S/c1-9-2-3-10(6-12(9)15)14(19)16-4-5-20-8-11(16)7-13(17)18/h2-3,6,11H,4-5,7-8H2,1H3,(H,17,18). The molecule has 4 nitrogen and oxygen atoms in total. The second-order valence-corrected chi connectivity index (χ2v) is 5.94. The zero-order valence-corrected chi connectivity index (χ0v) is 12.0. The van der Waals surface area contributed by atoms with Crippen molar-refractivity contribution in [1.29, 1.82) is 0 Å². The lowest BCUT2D eigenvalue weighted by atomic mass is 10.1. The topological polar surface area (TPSA) is 57.6 Å². The van der Waals surface area contributed by atoms with Crippen LogP contribution in [0.25, 0.3) is 0 Å². The molecule has 1 atom stereocenters. The Bertz CT molecular complexity index is 535. The summed E-state index contributed by atoms with van der Waals surface area (Å²) in [5.41, 5.74) is 0.758. The van der Waals surface area contributed by atoms with Crippen molar-refractivity contribution >= 4 is 23.6 Å². The Kier molecular flexibility index (Phi) is 4.65. The SMILES string of the molecule is Cc1ccc(C(=O)N2CCSCC2CC(=O)O)cc1F. The molecule has 1 aliphatic rings. The highest BCUT2D eigenvalue weighted by Gasteiger charge is 2.29. The van der Waals surface area contributed by atoms with Crippen LogP contribution in [0.4, 0.5) is 4.39 Å². The predicted octanol–water partition coefficient (Wildman–Crippen LogP) is 2.17. The van der Waals surface area contributed by atoms with Crippen molar-refractivity contribution in [3.05, 3.63) is 35.1 Å². The maximum Gasteiger partial charge on any atom is 0.305 e. The molecule has 1 heterocycles. The molecule has 0 bridgehead atoms. The number of carbonyl (C=O) groups excluding carboxylic acids is 1. The van der Waals surface area contributed by atoms with Crippen LogP contribution in [-0.4, -0.2) is 46.0 Å². The van der Waals surface area contributed by atoms with Gasteiger partial charge in [0, 0.05) is 23.6 Å². The molecule has 0 radical (unpaired) electrons. The van der Waals surface area contributed by atoms with Gasteiger partial charge in [-0.05, 0) is 24.6 Å². The van der Waals surface area contributed by atoms with Gasteiger partial charge >= 0.3 is 5.97 Å². The number of halogens is 1. The Hall–Kier alpha value is -1.56. The van der Waals surface area contributed by atoms with E-state index >= 15 is 0 Å². The lowest BCUT2D eigenvalue weighted by Gasteiger charge is -2.34. The molecule has 20 heavy (non-hydrogen) atoms. The van der Waals surface area contributed by atoms with Crippen molar-refractivity contribution in [3.63, 3.8) is 0 Å². The van der Waals surface area contributed by atoms with Crippen LogP contribution in [0, 0.1) is 12.7 Å². The molecule has 1 aromatic rings. The molecule has 1 aromatic carbocycles. The number of aliphatic carboxylic acids is 1. The van der Waals surface area contributed by atoms with E-state index in [0.29, 0.717) is 17.9 Å². The van der Waals surface area contributed by atoms with Crippen LogP contribution in [0.5, 0.6) is 0 Å². The van der Waals surface area contributed by atoms with Gasteiger partial charge in [-0.3, -0.25) is 9.59 Å². The minimum atomic E-state index is -0.926. The normalized spacial score (nSPS) is 18.9. The van der Waals surface area contributed by atoms with E-state index in [2.05, 4.69) is 0 Å². The molecule has 1 aliphatic heterocycles. The summed E-state index contributed by atoms with van der Waals surface area (Å²) in [7, 11) is 0. The van der Waals surface area contributed by atoms with Crippen LogP contribution >= 0.6 is 11.8 Å². The lowest BCUT2D eigenvalue weighted by molar-refractivity contribution is -0.138. The maximum atomic E-state index is 13.5. The number of hydrogen-bond acceptors (Lipinski definition) is 3. The van der Waals surface area contributed by atoms with Crippen LogP contribution in [0.15, 0.2) is 18.2 Å². The number of aryl methyl sites for hydroxylation is 1. The summed E-state index contributed by atoms with van der Waals surface area (Å²) < 4.78 is 13.5. The number of benzene rings is 1. The second-order valence-electron chi connectivity index (χ2n) is 4.79. The smallest absolute Gasteiger partial charge is 0.305 e. The first-order chi connectivity index (χ1) is 9.49. The van der Waals surface area contributed by atoms with Crippen LogP contribution < -0.4 is 0 Å². The largest absolute Gasteiger partial charge is 0.481 e. The van der Waals surface area contributed by atoms with E-state index in [4.69, 9.17) is 5.11 Å². The zero-order chi connectivity index (χ0) is 14.7. The number of carbonyl (C=O) groups is 2. The van der Waals surface area contributed by atoms with Gasteiger partial charge < -0.3 is 10.0 Å². The average Bonchev–Trinajstić information content (AvgIpc) is 2.41. The van der Waals surface area contributed by atoms with Crippen LogP contribution in [0.2, 0.25) is 0 Å². The molecule has 6 heteroatoms. The molecule has 0 spiro atoms. The fraction of sp³-hybridized carbons (Fsp3) is 0.429. The number of carboxylic acids is 1. The first-order valence-corrected chi connectivity index (χ1v) is 7.51. The molecular weight excluding hydrogens is 281 g/mol. The summed E-state index contributed by atoms with van der Waals surface area (Å²) in [4.78, 5) is 24.8. The molecule has 2 rings (SSSR count). The van der Waals surface area contributed by atoms with Gasteiger partial charge in [0.15, 0.2) is 0 Å². The fourth-order valence-electron chi connectivity index (χ4n) is 2.18. The molecule has 0 aromatic heterocycles. The van der Waals surface area contributed by atoms with Crippen LogP contribution in [0.3, 0.4) is 0 Å². The average molecular weight is 297 g/mol. The Morgan fingerprint density at radius 1 is 1.50 bits per heavy atom. The molecule has 1 saturated heterocycles. The van der Waals surface area contributed by atoms with Gasteiger partial charge in [0.25, 0.3) is 5.91 Å². The third kappa shape index (κ3) is 3.30. The second kappa shape index (κ2) is 6.26. The van der Waals surface area contributed by atoms with Crippen molar-refractivity contribution in [2.24, 2.45) is 0 Å². The van der Waals surface area contributed by atoms with Gasteiger partial charge in [0.2, 0.25) is 0 Å². The van der Waals surface area contributed by atoms with Crippen LogP contribution in [-0.2, 0) is 4.79 Å². The van der Waals surface area contributed by atoms with E-state index in [-0.39, 0.29) is 23.9 Å². The number of amides is 1. The maximum absolute atomic E-state index is 13.5. The third-order valence-corrected chi connectivity index (χ3v) is 4.41. The number of nitrogens with zero attached hydrogens (tertiary/aromatic N) is 1. The number of thioether (sulfide) groups is 1. The Morgan fingerprint density at radius 3 is 2.90 bits per heavy atom. The molecule has 0 saturated carbocycles. The van der Waals surface area contributed by atoms with E-state index in [1.54, 1.807) is 35.7 Å². The van der Waals surface area contributed by atoms with Gasteiger partial charge in [0.1, 0.15) is 5.82 Å².